The van der Waals surface area contributed by atoms with Gasteiger partial charge in [0.2, 0.25) is 0 Å². The first-order valence-corrected chi connectivity index (χ1v) is 11.3. The summed E-state index contributed by atoms with van der Waals surface area (Å²) < 4.78 is 5.31. The van der Waals surface area contributed by atoms with Crippen LogP contribution in [0.5, 0.6) is 0 Å². The minimum absolute atomic E-state index is 0.0541. The van der Waals surface area contributed by atoms with Crippen molar-refractivity contribution in [1.29, 1.82) is 0 Å². The fourth-order valence-corrected chi connectivity index (χ4v) is 3.08. The lowest BCUT2D eigenvalue weighted by Gasteiger charge is -2.05. The molecule has 1 aromatic carbocycles. The summed E-state index contributed by atoms with van der Waals surface area (Å²) in [6, 6.07) is 10.2. The van der Waals surface area contributed by atoms with E-state index in [1.165, 1.54) is 56.9 Å². The first kappa shape index (κ1) is 24.2. The van der Waals surface area contributed by atoms with E-state index in [0.717, 1.165) is 25.7 Å². The SMILES string of the molecule is CCCCC/C=C\C/C=C\CCCCCCCC(=O)OCCc1ccccc1. The van der Waals surface area contributed by atoms with Gasteiger partial charge in [-0.05, 0) is 44.1 Å². The van der Waals surface area contributed by atoms with Crippen molar-refractivity contribution in [2.75, 3.05) is 6.61 Å². The number of rotatable bonds is 17. The van der Waals surface area contributed by atoms with Crippen molar-refractivity contribution in [3.8, 4) is 0 Å². The molecule has 28 heavy (non-hydrogen) atoms. The van der Waals surface area contributed by atoms with Crippen LogP contribution in [-0.2, 0) is 16.0 Å². The van der Waals surface area contributed by atoms with Gasteiger partial charge in [0.25, 0.3) is 0 Å². The molecule has 0 aromatic heterocycles. The van der Waals surface area contributed by atoms with Crippen LogP contribution in [0.25, 0.3) is 0 Å². The van der Waals surface area contributed by atoms with Crippen molar-refractivity contribution in [2.24, 2.45) is 0 Å². The molecule has 156 valence electrons. The molecule has 0 radical (unpaired) electrons. The number of unbranched alkanes of at least 4 members (excludes halogenated alkanes) is 8. The highest BCUT2D eigenvalue weighted by atomic mass is 16.5. The van der Waals surface area contributed by atoms with E-state index in [-0.39, 0.29) is 5.97 Å². The standard InChI is InChI=1S/C26H40O2/c1-2-3-4-5-6-7-8-9-10-11-12-13-14-15-19-22-26(27)28-24-23-25-20-17-16-18-21-25/h6-7,9-10,16-18,20-21H,2-5,8,11-15,19,22-24H2,1H3/b7-6-,10-9-. The number of allylic oxidation sites excluding steroid dienone is 4. The second kappa shape index (κ2) is 18.5. The molecule has 0 saturated carbocycles. The highest BCUT2D eigenvalue weighted by molar-refractivity contribution is 5.69. The number of hydrogen-bond acceptors (Lipinski definition) is 2. The van der Waals surface area contributed by atoms with Gasteiger partial charge < -0.3 is 4.74 Å². The first-order valence-electron chi connectivity index (χ1n) is 11.3. The average Bonchev–Trinajstić information content (AvgIpc) is 2.71. The van der Waals surface area contributed by atoms with Crippen LogP contribution in [0.15, 0.2) is 54.6 Å². The van der Waals surface area contributed by atoms with Gasteiger partial charge in [0, 0.05) is 12.8 Å². The van der Waals surface area contributed by atoms with E-state index >= 15 is 0 Å². The van der Waals surface area contributed by atoms with Crippen molar-refractivity contribution >= 4 is 5.97 Å². The van der Waals surface area contributed by atoms with E-state index in [0.29, 0.717) is 13.0 Å². The maximum atomic E-state index is 11.7. The van der Waals surface area contributed by atoms with Gasteiger partial charge in [0.1, 0.15) is 0 Å². The molecule has 1 aromatic rings. The summed E-state index contributed by atoms with van der Waals surface area (Å²) in [4.78, 5) is 11.7. The zero-order valence-corrected chi connectivity index (χ0v) is 17.9. The van der Waals surface area contributed by atoms with Gasteiger partial charge >= 0.3 is 5.97 Å². The van der Waals surface area contributed by atoms with Gasteiger partial charge in [-0.15, -0.1) is 0 Å². The lowest BCUT2D eigenvalue weighted by molar-refractivity contribution is -0.143. The van der Waals surface area contributed by atoms with E-state index in [4.69, 9.17) is 4.74 Å². The number of carbonyl (C=O) groups is 1. The topological polar surface area (TPSA) is 26.3 Å². The Hall–Kier alpha value is -1.83. The number of carbonyl (C=O) groups excluding carboxylic acids is 1. The average molecular weight is 385 g/mol. The van der Waals surface area contributed by atoms with E-state index in [1.54, 1.807) is 0 Å². The summed E-state index contributed by atoms with van der Waals surface area (Å²) in [6.45, 7) is 2.73. The van der Waals surface area contributed by atoms with Crippen molar-refractivity contribution in [2.45, 2.75) is 90.4 Å². The third kappa shape index (κ3) is 15.2. The monoisotopic (exact) mass is 384 g/mol. The van der Waals surface area contributed by atoms with Crippen LogP contribution in [0.3, 0.4) is 0 Å². The largest absolute Gasteiger partial charge is 0.465 e. The molecule has 0 aliphatic heterocycles. The molecule has 0 aliphatic rings. The molecule has 0 N–H and O–H groups in total. The predicted molar refractivity (Wildman–Crippen MR) is 120 cm³/mol. The van der Waals surface area contributed by atoms with E-state index in [2.05, 4.69) is 43.4 Å². The van der Waals surface area contributed by atoms with Crippen molar-refractivity contribution in [3.63, 3.8) is 0 Å². The van der Waals surface area contributed by atoms with E-state index in [1.807, 2.05) is 18.2 Å². The van der Waals surface area contributed by atoms with E-state index in [9.17, 15) is 4.79 Å². The van der Waals surface area contributed by atoms with Crippen LogP contribution in [0, 0.1) is 0 Å². The Labute approximate surface area is 173 Å². The van der Waals surface area contributed by atoms with Crippen molar-refractivity contribution in [1.82, 2.24) is 0 Å². The predicted octanol–water partition coefficient (Wildman–Crippen LogP) is 7.59. The smallest absolute Gasteiger partial charge is 0.305 e. The van der Waals surface area contributed by atoms with Crippen LogP contribution in [0.4, 0.5) is 0 Å². The van der Waals surface area contributed by atoms with Crippen LogP contribution >= 0.6 is 0 Å². The lowest BCUT2D eigenvalue weighted by atomic mass is 10.1. The Morgan fingerprint density at radius 2 is 1.46 bits per heavy atom. The Morgan fingerprint density at radius 1 is 0.821 bits per heavy atom. The highest BCUT2D eigenvalue weighted by Gasteiger charge is 2.02. The molecule has 0 spiro atoms. The Bertz CT molecular complexity index is 531. The van der Waals surface area contributed by atoms with Gasteiger partial charge in [-0.25, -0.2) is 0 Å². The molecule has 0 amide bonds. The summed E-state index contributed by atoms with van der Waals surface area (Å²) in [7, 11) is 0. The minimum Gasteiger partial charge on any atom is -0.465 e. The normalized spacial score (nSPS) is 11.5. The molecule has 0 saturated heterocycles. The molecule has 1 rings (SSSR count). The zero-order valence-electron chi connectivity index (χ0n) is 17.9. The molecule has 0 bridgehead atoms. The molecular formula is C26H40O2. The summed E-state index contributed by atoms with van der Waals surface area (Å²) in [5.41, 5.74) is 1.22. The van der Waals surface area contributed by atoms with Crippen molar-refractivity contribution < 1.29 is 9.53 Å². The van der Waals surface area contributed by atoms with Gasteiger partial charge in [0.15, 0.2) is 0 Å². The van der Waals surface area contributed by atoms with Gasteiger partial charge in [0.05, 0.1) is 6.61 Å². The molecule has 0 fully saturated rings. The van der Waals surface area contributed by atoms with Crippen LogP contribution in [-0.4, -0.2) is 12.6 Å². The Morgan fingerprint density at radius 3 is 2.18 bits per heavy atom. The summed E-state index contributed by atoms with van der Waals surface area (Å²) in [6.07, 6.45) is 23.7. The maximum absolute atomic E-state index is 11.7. The summed E-state index contributed by atoms with van der Waals surface area (Å²) >= 11 is 0. The summed E-state index contributed by atoms with van der Waals surface area (Å²) in [5.74, 6) is -0.0541. The quantitative estimate of drug-likeness (QED) is 0.157. The van der Waals surface area contributed by atoms with Crippen LogP contribution in [0.2, 0.25) is 0 Å². The number of hydrogen-bond donors (Lipinski definition) is 0. The van der Waals surface area contributed by atoms with Gasteiger partial charge in [-0.2, -0.15) is 0 Å². The Balaban J connectivity index is 1.84. The first-order chi connectivity index (χ1) is 13.8. The highest BCUT2D eigenvalue weighted by Crippen LogP contribution is 2.09. The lowest BCUT2D eigenvalue weighted by Crippen LogP contribution is -2.07. The zero-order chi connectivity index (χ0) is 20.1. The fraction of sp³-hybridized carbons (Fsp3) is 0.577. The minimum atomic E-state index is -0.0541. The molecule has 0 heterocycles. The van der Waals surface area contributed by atoms with Crippen molar-refractivity contribution in [3.05, 3.63) is 60.2 Å². The molecule has 0 aliphatic carbocycles. The number of ether oxygens (including phenoxy) is 1. The van der Waals surface area contributed by atoms with Gasteiger partial charge in [-0.1, -0.05) is 93.7 Å². The third-order valence-corrected chi connectivity index (χ3v) is 4.83. The number of benzene rings is 1. The molecule has 0 atom stereocenters. The fourth-order valence-electron chi connectivity index (χ4n) is 3.08. The summed E-state index contributed by atoms with van der Waals surface area (Å²) in [5, 5.41) is 0. The second-order valence-electron chi connectivity index (χ2n) is 7.44. The molecule has 2 heteroatoms. The van der Waals surface area contributed by atoms with E-state index < -0.39 is 0 Å². The van der Waals surface area contributed by atoms with Crippen LogP contribution < -0.4 is 0 Å². The van der Waals surface area contributed by atoms with Gasteiger partial charge in [-0.3, -0.25) is 4.79 Å². The maximum Gasteiger partial charge on any atom is 0.305 e. The number of esters is 1. The second-order valence-corrected chi connectivity index (χ2v) is 7.44. The molecule has 2 nitrogen and oxygen atoms in total. The molecular weight excluding hydrogens is 344 g/mol. The Kier molecular flexibility index (Phi) is 16.0. The molecule has 0 unspecified atom stereocenters. The van der Waals surface area contributed by atoms with Crippen LogP contribution in [0.1, 0.15) is 89.5 Å². The third-order valence-electron chi connectivity index (χ3n) is 4.83.